The van der Waals surface area contributed by atoms with Crippen LogP contribution in [0.4, 0.5) is 0 Å². The van der Waals surface area contributed by atoms with Crippen LogP contribution in [-0.4, -0.2) is 27.1 Å². The van der Waals surface area contributed by atoms with Crippen LogP contribution in [0.5, 0.6) is 0 Å². The molecular weight excluding hydrogens is 195 g/mol. The molecule has 1 rings (SSSR count). The van der Waals surface area contributed by atoms with E-state index in [4.69, 9.17) is 17.5 Å². The molecule has 1 heterocycles. The molecule has 0 aliphatic carbocycles. The fraction of sp³-hybridized carbons (Fsp3) is 0.250. The van der Waals surface area contributed by atoms with E-state index in [1.807, 2.05) is 17.8 Å². The van der Waals surface area contributed by atoms with Crippen LogP contribution in [0.25, 0.3) is 0 Å². The summed E-state index contributed by atoms with van der Waals surface area (Å²) >= 11 is 0. The SMILES string of the molecule is Cn1ccnc1.O=S(=O)(O)O.[H-].[Na+]. The van der Waals surface area contributed by atoms with E-state index in [1.54, 1.807) is 12.5 Å². The Hall–Kier alpha value is 0.0800. The fourth-order valence-corrected chi connectivity index (χ4v) is 0.326. The van der Waals surface area contributed by atoms with Gasteiger partial charge in [-0.15, -0.1) is 0 Å². The first-order valence-electron chi connectivity index (χ1n) is 2.51. The second-order valence-corrected chi connectivity index (χ2v) is 2.57. The third-order valence-corrected chi connectivity index (χ3v) is 0.637. The van der Waals surface area contributed by atoms with Crippen molar-refractivity contribution >= 4 is 10.4 Å². The first-order valence-corrected chi connectivity index (χ1v) is 3.91. The van der Waals surface area contributed by atoms with Crippen LogP contribution in [0.2, 0.25) is 0 Å². The van der Waals surface area contributed by atoms with Crippen molar-refractivity contribution in [1.82, 2.24) is 9.55 Å². The molecule has 2 N–H and O–H groups in total. The molecule has 0 atom stereocenters. The quantitative estimate of drug-likeness (QED) is 0.344. The molecule has 0 saturated heterocycles. The first-order chi connectivity index (χ1) is 4.89. The van der Waals surface area contributed by atoms with E-state index in [9.17, 15) is 0 Å². The molecule has 1 aromatic heterocycles. The van der Waals surface area contributed by atoms with Crippen LogP contribution in [0.15, 0.2) is 18.7 Å². The van der Waals surface area contributed by atoms with E-state index in [0.29, 0.717) is 0 Å². The molecule has 1 aromatic rings. The maximum absolute atomic E-state index is 8.74. The summed E-state index contributed by atoms with van der Waals surface area (Å²) in [6, 6.07) is 0. The third-order valence-electron chi connectivity index (χ3n) is 0.637. The van der Waals surface area contributed by atoms with Gasteiger partial charge < -0.3 is 5.99 Å². The van der Waals surface area contributed by atoms with Gasteiger partial charge in [-0.2, -0.15) is 8.42 Å². The Morgan fingerprint density at radius 3 is 2.00 bits per heavy atom. The summed E-state index contributed by atoms with van der Waals surface area (Å²) in [4.78, 5) is 3.78. The van der Waals surface area contributed by atoms with Crippen molar-refractivity contribution in [3.8, 4) is 0 Å². The van der Waals surface area contributed by atoms with Gasteiger partial charge in [-0.3, -0.25) is 9.11 Å². The standard InChI is InChI=1S/C4H6N2.Na.H2O4S.H/c1-6-3-2-5-4-6;;1-5(2,3)4;/h2-4H,1H3;;(H2,1,2,3,4);/q;+1;;-1. The number of imidazole rings is 1. The summed E-state index contributed by atoms with van der Waals surface area (Å²) < 4.78 is 33.5. The number of hydrogen-bond acceptors (Lipinski definition) is 3. The van der Waals surface area contributed by atoms with E-state index in [1.165, 1.54) is 0 Å². The Morgan fingerprint density at radius 2 is 1.92 bits per heavy atom. The van der Waals surface area contributed by atoms with Crippen LogP contribution in [-0.2, 0) is 17.4 Å². The van der Waals surface area contributed by atoms with Gasteiger partial charge >= 0.3 is 40.0 Å². The molecule has 0 fully saturated rings. The molecule has 0 radical (unpaired) electrons. The average Bonchev–Trinajstić information content (AvgIpc) is 2.12. The van der Waals surface area contributed by atoms with Crippen molar-refractivity contribution in [1.29, 1.82) is 0 Å². The van der Waals surface area contributed by atoms with E-state index >= 15 is 0 Å². The maximum Gasteiger partial charge on any atom is 1.00 e. The molecule has 0 aliphatic heterocycles. The number of aromatic nitrogens is 2. The minimum atomic E-state index is -4.67. The molecule has 0 aromatic carbocycles. The number of hydrogen-bond donors (Lipinski definition) is 2. The normalized spacial score (nSPS) is 9.25. The molecule has 0 amide bonds. The van der Waals surface area contributed by atoms with Gasteiger partial charge in [-0.05, 0) is 0 Å². The van der Waals surface area contributed by atoms with Gasteiger partial charge in [0.25, 0.3) is 0 Å². The van der Waals surface area contributed by atoms with Gasteiger partial charge in [0.1, 0.15) is 0 Å². The molecule has 12 heavy (non-hydrogen) atoms. The second kappa shape index (κ2) is 6.58. The van der Waals surface area contributed by atoms with Crippen molar-refractivity contribution in [2.24, 2.45) is 7.05 Å². The largest absolute Gasteiger partial charge is 1.00 e. The monoisotopic (exact) mass is 204 g/mol. The summed E-state index contributed by atoms with van der Waals surface area (Å²) in [5.74, 6) is 0. The molecule has 0 bridgehead atoms. The predicted octanol–water partition coefficient (Wildman–Crippen LogP) is -3.12. The van der Waals surface area contributed by atoms with Crippen LogP contribution < -0.4 is 29.6 Å². The van der Waals surface area contributed by atoms with Gasteiger partial charge in [-0.25, -0.2) is 4.98 Å². The Bertz CT molecular complexity index is 279. The van der Waals surface area contributed by atoms with E-state index in [2.05, 4.69) is 4.98 Å². The molecule has 0 spiro atoms. The zero-order valence-electron chi connectivity index (χ0n) is 7.75. The maximum atomic E-state index is 8.74. The average molecular weight is 204 g/mol. The number of aryl methyl sites for hydroxylation is 1. The molecular formula is C4H9N2NaO4S. The fourth-order valence-electron chi connectivity index (χ4n) is 0.326. The van der Waals surface area contributed by atoms with E-state index in [-0.39, 0.29) is 31.0 Å². The van der Waals surface area contributed by atoms with Crippen molar-refractivity contribution in [3.05, 3.63) is 18.7 Å². The molecule has 66 valence electrons. The van der Waals surface area contributed by atoms with Crippen LogP contribution in [0.1, 0.15) is 1.43 Å². The Balaban J connectivity index is -0.000000136. The van der Waals surface area contributed by atoms with E-state index in [0.717, 1.165) is 0 Å². The van der Waals surface area contributed by atoms with Gasteiger partial charge in [0.15, 0.2) is 0 Å². The minimum Gasteiger partial charge on any atom is -1.00 e. The molecule has 6 nitrogen and oxygen atoms in total. The minimum absolute atomic E-state index is 0. The zero-order chi connectivity index (χ0) is 8.91. The summed E-state index contributed by atoms with van der Waals surface area (Å²) in [5, 5.41) is 0. The molecule has 0 aliphatic rings. The summed E-state index contributed by atoms with van der Waals surface area (Å²) in [6.07, 6.45) is 5.39. The van der Waals surface area contributed by atoms with Gasteiger partial charge in [0, 0.05) is 19.4 Å². The Kier molecular flexibility index (Phi) is 8.00. The van der Waals surface area contributed by atoms with Crippen LogP contribution in [0.3, 0.4) is 0 Å². The summed E-state index contributed by atoms with van der Waals surface area (Å²) in [6.45, 7) is 0. The molecule has 0 unspecified atom stereocenters. The Morgan fingerprint density at radius 1 is 1.50 bits per heavy atom. The van der Waals surface area contributed by atoms with Gasteiger partial charge in [-0.1, -0.05) is 0 Å². The zero-order valence-corrected chi connectivity index (χ0v) is 9.56. The summed E-state index contributed by atoms with van der Waals surface area (Å²) in [5.41, 5.74) is 0. The molecule has 8 heteroatoms. The number of rotatable bonds is 0. The van der Waals surface area contributed by atoms with Gasteiger partial charge in [0.05, 0.1) is 6.33 Å². The van der Waals surface area contributed by atoms with Gasteiger partial charge in [0.2, 0.25) is 0 Å². The van der Waals surface area contributed by atoms with Crippen molar-refractivity contribution in [2.75, 3.05) is 0 Å². The van der Waals surface area contributed by atoms with Crippen molar-refractivity contribution in [3.63, 3.8) is 0 Å². The van der Waals surface area contributed by atoms with Crippen molar-refractivity contribution in [2.45, 2.75) is 0 Å². The predicted molar refractivity (Wildman–Crippen MR) is 38.5 cm³/mol. The Labute approximate surface area is 94.0 Å². The van der Waals surface area contributed by atoms with Crippen LogP contribution >= 0.6 is 0 Å². The second-order valence-electron chi connectivity index (χ2n) is 1.68. The number of nitrogens with zero attached hydrogens (tertiary/aromatic N) is 2. The summed E-state index contributed by atoms with van der Waals surface area (Å²) in [7, 11) is -2.73. The first kappa shape index (κ1) is 14.6. The van der Waals surface area contributed by atoms with Crippen LogP contribution in [0, 0.1) is 0 Å². The molecule has 0 saturated carbocycles. The third kappa shape index (κ3) is 16.6. The topological polar surface area (TPSA) is 92.4 Å². The van der Waals surface area contributed by atoms with Crippen molar-refractivity contribution < 1.29 is 48.5 Å². The van der Waals surface area contributed by atoms with E-state index < -0.39 is 10.4 Å². The smallest absolute Gasteiger partial charge is 1.00 e.